The van der Waals surface area contributed by atoms with Gasteiger partial charge in [-0.25, -0.2) is 13.8 Å². The van der Waals surface area contributed by atoms with Crippen LogP contribution in [0.1, 0.15) is 15.9 Å². The van der Waals surface area contributed by atoms with E-state index in [0.29, 0.717) is 11.3 Å². The zero-order valence-electron chi connectivity index (χ0n) is 18.3. The number of aromatic amines is 1. The fraction of sp³-hybridized carbons (Fsp3) is 0. The van der Waals surface area contributed by atoms with E-state index in [1.165, 1.54) is 30.3 Å². The Morgan fingerprint density at radius 1 is 0.886 bits per heavy atom. The molecule has 9 heteroatoms. The van der Waals surface area contributed by atoms with Gasteiger partial charge in [0.15, 0.2) is 0 Å². The number of carbonyl (C=O) groups excluding carboxylic acids is 1. The summed E-state index contributed by atoms with van der Waals surface area (Å²) in [5, 5.41) is 6.88. The molecule has 0 bridgehead atoms. The molecule has 2 aromatic heterocycles. The average molecular weight is 501 g/mol. The number of para-hydroxylation sites is 1. The molecule has 174 valence electrons. The van der Waals surface area contributed by atoms with E-state index in [4.69, 9.17) is 0 Å². The van der Waals surface area contributed by atoms with E-state index in [2.05, 4.69) is 20.2 Å². The zero-order chi connectivity index (χ0) is 24.3. The molecule has 1 amide bonds. The highest BCUT2D eigenvalue weighted by atomic mass is 32.2. The van der Waals surface area contributed by atoms with Crippen LogP contribution in [-0.4, -0.2) is 25.5 Å². The van der Waals surface area contributed by atoms with Crippen molar-refractivity contribution in [3.05, 3.63) is 108 Å². The molecular formula is C26H20N4O3S2. The van der Waals surface area contributed by atoms with Gasteiger partial charge in [0.1, 0.15) is 4.21 Å². The summed E-state index contributed by atoms with van der Waals surface area (Å²) in [6.07, 6.45) is 1.63. The van der Waals surface area contributed by atoms with Crippen LogP contribution in [0.15, 0.2) is 106 Å². The van der Waals surface area contributed by atoms with Crippen molar-refractivity contribution in [2.24, 2.45) is 5.10 Å². The highest BCUT2D eigenvalue weighted by Crippen LogP contribution is 2.29. The maximum atomic E-state index is 12.6. The number of sulfonamides is 1. The van der Waals surface area contributed by atoms with Crippen LogP contribution in [0.25, 0.3) is 22.2 Å². The van der Waals surface area contributed by atoms with Gasteiger partial charge in [-0.3, -0.25) is 9.52 Å². The van der Waals surface area contributed by atoms with E-state index in [0.717, 1.165) is 39.1 Å². The minimum Gasteiger partial charge on any atom is -0.354 e. The first kappa shape index (κ1) is 22.6. The normalized spacial score (nSPS) is 11.7. The largest absolute Gasteiger partial charge is 0.354 e. The lowest BCUT2D eigenvalue weighted by Crippen LogP contribution is -2.18. The van der Waals surface area contributed by atoms with Crippen LogP contribution in [0.4, 0.5) is 5.69 Å². The smallest absolute Gasteiger partial charge is 0.271 e. The number of anilines is 1. The Kier molecular flexibility index (Phi) is 6.17. The van der Waals surface area contributed by atoms with E-state index in [1.54, 1.807) is 17.7 Å². The number of nitrogens with one attached hydrogen (secondary N) is 3. The highest BCUT2D eigenvalue weighted by Gasteiger charge is 2.15. The second-order valence-electron chi connectivity index (χ2n) is 7.64. The lowest BCUT2D eigenvalue weighted by atomic mass is 10.1. The molecule has 0 saturated heterocycles. The van der Waals surface area contributed by atoms with Crippen molar-refractivity contribution in [2.75, 3.05) is 4.72 Å². The number of rotatable bonds is 7. The third kappa shape index (κ3) is 4.86. The quantitative estimate of drug-likeness (QED) is 0.204. The number of amides is 1. The van der Waals surface area contributed by atoms with E-state index >= 15 is 0 Å². The number of fused-ring (bicyclic) bond motifs is 1. The molecule has 5 aromatic rings. The molecule has 0 aliphatic carbocycles. The minimum atomic E-state index is -3.65. The van der Waals surface area contributed by atoms with Crippen molar-refractivity contribution in [3.63, 3.8) is 0 Å². The molecule has 0 atom stereocenters. The van der Waals surface area contributed by atoms with E-state index in [1.807, 2.05) is 54.6 Å². The highest BCUT2D eigenvalue weighted by molar-refractivity contribution is 7.94. The van der Waals surface area contributed by atoms with Gasteiger partial charge in [-0.05, 0) is 47.3 Å². The van der Waals surface area contributed by atoms with Crippen molar-refractivity contribution in [1.82, 2.24) is 10.4 Å². The number of H-pyrrole nitrogens is 1. The third-order valence-electron chi connectivity index (χ3n) is 5.33. The Morgan fingerprint density at radius 3 is 2.37 bits per heavy atom. The van der Waals surface area contributed by atoms with Gasteiger partial charge in [-0.1, -0.05) is 54.6 Å². The zero-order valence-corrected chi connectivity index (χ0v) is 19.9. The number of aromatic nitrogens is 1. The molecular weight excluding hydrogens is 480 g/mol. The first-order valence-corrected chi connectivity index (χ1v) is 13.0. The van der Waals surface area contributed by atoms with Crippen LogP contribution in [0.2, 0.25) is 0 Å². The van der Waals surface area contributed by atoms with Crippen LogP contribution >= 0.6 is 11.3 Å². The first-order valence-electron chi connectivity index (χ1n) is 10.7. The Hall–Kier alpha value is -4.21. The number of hydrogen-bond acceptors (Lipinski definition) is 5. The number of hydrogen-bond donors (Lipinski definition) is 3. The summed E-state index contributed by atoms with van der Waals surface area (Å²) in [5.41, 5.74) is 7.02. The molecule has 0 radical (unpaired) electrons. The van der Waals surface area contributed by atoms with Crippen molar-refractivity contribution >= 4 is 50.1 Å². The predicted molar refractivity (Wildman–Crippen MR) is 140 cm³/mol. The molecule has 0 fully saturated rings. The second kappa shape index (κ2) is 9.57. The van der Waals surface area contributed by atoms with E-state index < -0.39 is 15.9 Å². The Bertz CT molecular complexity index is 1610. The molecule has 0 spiro atoms. The fourth-order valence-corrected chi connectivity index (χ4v) is 5.71. The maximum absolute atomic E-state index is 12.6. The molecule has 0 saturated carbocycles. The Labute approximate surface area is 206 Å². The second-order valence-corrected chi connectivity index (χ2v) is 10.5. The van der Waals surface area contributed by atoms with Gasteiger partial charge in [-0.2, -0.15) is 5.10 Å². The lowest BCUT2D eigenvalue weighted by molar-refractivity contribution is 0.0955. The summed E-state index contributed by atoms with van der Waals surface area (Å²) in [6.45, 7) is 0. The maximum Gasteiger partial charge on any atom is 0.271 e. The van der Waals surface area contributed by atoms with Gasteiger partial charge in [0.2, 0.25) is 0 Å². The summed E-state index contributed by atoms with van der Waals surface area (Å²) < 4.78 is 27.4. The topological polar surface area (TPSA) is 103 Å². The summed E-state index contributed by atoms with van der Waals surface area (Å²) in [5.74, 6) is -0.407. The number of benzene rings is 3. The van der Waals surface area contributed by atoms with Gasteiger partial charge in [0, 0.05) is 27.7 Å². The van der Waals surface area contributed by atoms with Crippen molar-refractivity contribution in [3.8, 4) is 11.3 Å². The fourth-order valence-electron chi connectivity index (χ4n) is 3.66. The third-order valence-corrected chi connectivity index (χ3v) is 8.11. The predicted octanol–water partition coefficient (Wildman–Crippen LogP) is 5.46. The summed E-state index contributed by atoms with van der Waals surface area (Å²) in [7, 11) is -3.65. The van der Waals surface area contributed by atoms with Crippen molar-refractivity contribution < 1.29 is 13.2 Å². The number of carbonyl (C=O) groups is 1. The average Bonchev–Trinajstić information content (AvgIpc) is 3.54. The van der Waals surface area contributed by atoms with E-state index in [-0.39, 0.29) is 4.21 Å². The number of nitrogens with zero attached hydrogens (tertiary/aromatic N) is 1. The van der Waals surface area contributed by atoms with Gasteiger partial charge < -0.3 is 4.98 Å². The first-order chi connectivity index (χ1) is 17.0. The molecule has 0 aliphatic rings. The van der Waals surface area contributed by atoms with Gasteiger partial charge >= 0.3 is 0 Å². The summed E-state index contributed by atoms with van der Waals surface area (Å²) in [4.78, 5) is 16.0. The SMILES string of the molecule is O=C(NN=Cc1c(-c2ccccc2)[nH]c2ccccc12)c1ccc(NS(=O)(=O)c2cccs2)cc1. The van der Waals surface area contributed by atoms with Gasteiger partial charge in [0.25, 0.3) is 15.9 Å². The molecule has 3 N–H and O–H groups in total. The summed E-state index contributed by atoms with van der Waals surface area (Å²) in [6, 6.07) is 27.2. The van der Waals surface area contributed by atoms with Crippen molar-refractivity contribution in [2.45, 2.75) is 4.21 Å². The number of hydrazone groups is 1. The summed E-state index contributed by atoms with van der Waals surface area (Å²) >= 11 is 1.13. The minimum absolute atomic E-state index is 0.223. The number of thiophene rings is 1. The molecule has 0 unspecified atom stereocenters. The monoisotopic (exact) mass is 500 g/mol. The Morgan fingerprint density at radius 2 is 1.63 bits per heavy atom. The molecule has 35 heavy (non-hydrogen) atoms. The van der Waals surface area contributed by atoms with Gasteiger partial charge in [-0.15, -0.1) is 11.3 Å². The molecule has 5 rings (SSSR count). The van der Waals surface area contributed by atoms with E-state index in [9.17, 15) is 13.2 Å². The lowest BCUT2D eigenvalue weighted by Gasteiger charge is -2.07. The van der Waals surface area contributed by atoms with Crippen molar-refractivity contribution in [1.29, 1.82) is 0 Å². The van der Waals surface area contributed by atoms with Gasteiger partial charge in [0.05, 0.1) is 11.9 Å². The van der Waals surface area contributed by atoms with Crippen LogP contribution in [0.3, 0.4) is 0 Å². The molecule has 0 aliphatic heterocycles. The van der Waals surface area contributed by atoms with Crippen LogP contribution in [-0.2, 0) is 10.0 Å². The van der Waals surface area contributed by atoms with Crippen LogP contribution in [0.5, 0.6) is 0 Å². The molecule has 3 aromatic carbocycles. The standard InChI is InChI=1S/C26H20N4O3S2/c31-26(19-12-14-20(15-13-19)30-35(32,33)24-11-6-16-34-24)29-27-17-22-21-9-4-5-10-23(21)28-25(22)18-7-2-1-3-8-18/h1-17,28,30H,(H,29,31). The molecule has 2 heterocycles. The molecule has 7 nitrogen and oxygen atoms in total. The Balaban J connectivity index is 1.32. The van der Waals surface area contributed by atoms with Crippen LogP contribution in [0, 0.1) is 0 Å². The van der Waals surface area contributed by atoms with Crippen LogP contribution < -0.4 is 10.1 Å².